The fourth-order valence-electron chi connectivity index (χ4n) is 1.89. The molecule has 3 heterocycles. The van der Waals surface area contributed by atoms with Crippen molar-refractivity contribution in [1.29, 1.82) is 0 Å². The summed E-state index contributed by atoms with van der Waals surface area (Å²) in [5.74, 6) is -0.462. The van der Waals surface area contributed by atoms with Crippen molar-refractivity contribution in [3.63, 3.8) is 0 Å². The molecule has 90 valence electrons. The molecule has 0 amide bonds. The monoisotopic (exact) mass is 242 g/mol. The number of furan rings is 1. The average molecular weight is 242 g/mol. The number of nitrogens with zero attached hydrogens (tertiary/aromatic N) is 2. The second-order valence-electron chi connectivity index (χ2n) is 3.71. The molecule has 0 saturated heterocycles. The second-order valence-corrected chi connectivity index (χ2v) is 3.71. The van der Waals surface area contributed by atoms with E-state index in [1.807, 2.05) is 0 Å². The Morgan fingerprint density at radius 3 is 3.00 bits per heavy atom. The number of carbonyl (C=O) groups is 1. The van der Waals surface area contributed by atoms with Crippen LogP contribution in [0, 0.1) is 0 Å². The molecule has 18 heavy (non-hydrogen) atoms. The van der Waals surface area contributed by atoms with Crippen molar-refractivity contribution in [3.8, 4) is 0 Å². The predicted molar refractivity (Wildman–Crippen MR) is 65.3 cm³/mol. The van der Waals surface area contributed by atoms with E-state index in [0.29, 0.717) is 28.7 Å². The summed E-state index contributed by atoms with van der Waals surface area (Å²) in [6, 6.07) is 5.29. The van der Waals surface area contributed by atoms with E-state index < -0.39 is 5.97 Å². The van der Waals surface area contributed by atoms with Crippen molar-refractivity contribution in [2.75, 3.05) is 6.61 Å². The molecule has 0 aliphatic carbocycles. The Morgan fingerprint density at radius 2 is 2.17 bits per heavy atom. The fraction of sp³-hybridized carbons (Fsp3) is 0.154. The van der Waals surface area contributed by atoms with Gasteiger partial charge in [-0.2, -0.15) is 0 Å². The van der Waals surface area contributed by atoms with Crippen molar-refractivity contribution in [1.82, 2.24) is 9.97 Å². The Kier molecular flexibility index (Phi) is 2.44. The first kappa shape index (κ1) is 10.7. The second kappa shape index (κ2) is 4.10. The van der Waals surface area contributed by atoms with Crippen molar-refractivity contribution in [3.05, 3.63) is 36.3 Å². The SMILES string of the molecule is CCOC(=O)c1nccc2oc3cccnc3c12. The molecule has 0 fully saturated rings. The lowest BCUT2D eigenvalue weighted by molar-refractivity contribution is 0.0522. The first-order chi connectivity index (χ1) is 8.81. The number of hydrogen-bond donors (Lipinski definition) is 0. The van der Waals surface area contributed by atoms with Crippen LogP contribution < -0.4 is 0 Å². The lowest BCUT2D eigenvalue weighted by Crippen LogP contribution is -2.07. The molecule has 5 nitrogen and oxygen atoms in total. The maximum Gasteiger partial charge on any atom is 0.357 e. The van der Waals surface area contributed by atoms with Crippen LogP contribution in [0.1, 0.15) is 17.4 Å². The van der Waals surface area contributed by atoms with Gasteiger partial charge in [-0.05, 0) is 25.1 Å². The zero-order valence-electron chi connectivity index (χ0n) is 9.71. The molecule has 0 unspecified atom stereocenters. The van der Waals surface area contributed by atoms with Crippen LogP contribution in [-0.4, -0.2) is 22.5 Å². The lowest BCUT2D eigenvalue weighted by Gasteiger charge is -2.01. The third-order valence-electron chi connectivity index (χ3n) is 2.61. The van der Waals surface area contributed by atoms with Gasteiger partial charge in [-0.25, -0.2) is 9.78 Å². The van der Waals surface area contributed by atoms with E-state index in [0.717, 1.165) is 0 Å². The molecule has 3 aromatic heterocycles. The lowest BCUT2D eigenvalue weighted by atomic mass is 10.2. The van der Waals surface area contributed by atoms with Crippen molar-refractivity contribution < 1.29 is 13.9 Å². The quantitative estimate of drug-likeness (QED) is 0.646. The normalized spacial score (nSPS) is 10.9. The molecule has 0 spiro atoms. The molecule has 0 saturated carbocycles. The molecule has 0 atom stereocenters. The minimum absolute atomic E-state index is 0.242. The van der Waals surface area contributed by atoms with Crippen LogP contribution in [0.15, 0.2) is 35.0 Å². The van der Waals surface area contributed by atoms with Crippen LogP contribution in [0.25, 0.3) is 22.1 Å². The van der Waals surface area contributed by atoms with E-state index in [2.05, 4.69) is 9.97 Å². The van der Waals surface area contributed by atoms with Gasteiger partial charge in [-0.3, -0.25) is 4.98 Å². The highest BCUT2D eigenvalue weighted by Gasteiger charge is 2.18. The van der Waals surface area contributed by atoms with Gasteiger partial charge in [0.1, 0.15) is 11.1 Å². The fourth-order valence-corrected chi connectivity index (χ4v) is 1.89. The highest BCUT2D eigenvalue weighted by Crippen LogP contribution is 2.28. The number of hydrogen-bond acceptors (Lipinski definition) is 5. The molecule has 0 aliphatic heterocycles. The van der Waals surface area contributed by atoms with Crippen LogP contribution in [0.5, 0.6) is 0 Å². The minimum atomic E-state index is -0.462. The number of ether oxygens (including phenoxy) is 1. The third kappa shape index (κ3) is 1.52. The number of pyridine rings is 2. The number of aromatic nitrogens is 2. The summed E-state index contributed by atoms with van der Waals surface area (Å²) >= 11 is 0. The van der Waals surface area contributed by atoms with Gasteiger partial charge in [0, 0.05) is 12.4 Å². The molecular formula is C13H10N2O3. The number of carbonyl (C=O) groups excluding carboxylic acids is 1. The maximum atomic E-state index is 11.8. The Hall–Kier alpha value is -2.43. The zero-order valence-corrected chi connectivity index (χ0v) is 9.71. The van der Waals surface area contributed by atoms with Gasteiger partial charge in [-0.1, -0.05) is 0 Å². The van der Waals surface area contributed by atoms with Crippen LogP contribution in [0.2, 0.25) is 0 Å². The maximum absolute atomic E-state index is 11.8. The number of rotatable bonds is 2. The van der Waals surface area contributed by atoms with E-state index in [-0.39, 0.29) is 5.69 Å². The summed E-state index contributed by atoms with van der Waals surface area (Å²) in [4.78, 5) is 20.2. The van der Waals surface area contributed by atoms with Crippen LogP contribution in [0.3, 0.4) is 0 Å². The molecule has 0 bridgehead atoms. The smallest absolute Gasteiger partial charge is 0.357 e. The minimum Gasteiger partial charge on any atom is -0.461 e. The molecule has 0 N–H and O–H groups in total. The third-order valence-corrected chi connectivity index (χ3v) is 2.61. The summed E-state index contributed by atoms with van der Waals surface area (Å²) in [6.45, 7) is 2.06. The first-order valence-corrected chi connectivity index (χ1v) is 5.60. The molecule has 5 heteroatoms. The molecule has 0 aliphatic rings. The van der Waals surface area contributed by atoms with E-state index in [9.17, 15) is 4.79 Å². The van der Waals surface area contributed by atoms with Crippen molar-refractivity contribution in [2.45, 2.75) is 6.92 Å². The van der Waals surface area contributed by atoms with Crippen LogP contribution in [-0.2, 0) is 4.74 Å². The topological polar surface area (TPSA) is 65.2 Å². The van der Waals surface area contributed by atoms with Crippen molar-refractivity contribution in [2.24, 2.45) is 0 Å². The Balaban J connectivity index is 2.35. The Labute approximate surface area is 102 Å². The number of esters is 1. The molecular weight excluding hydrogens is 232 g/mol. The first-order valence-electron chi connectivity index (χ1n) is 5.60. The Morgan fingerprint density at radius 1 is 1.28 bits per heavy atom. The standard InChI is InChI=1S/C13H10N2O3/c1-2-17-13(16)12-10-8(5-7-15-12)18-9-4-3-6-14-11(9)10/h3-7H,2H2,1H3. The van der Waals surface area contributed by atoms with Crippen LogP contribution in [0.4, 0.5) is 0 Å². The predicted octanol–water partition coefficient (Wildman–Crippen LogP) is 2.55. The van der Waals surface area contributed by atoms with Gasteiger partial charge in [0.15, 0.2) is 11.3 Å². The molecule has 3 aromatic rings. The van der Waals surface area contributed by atoms with E-state index in [1.165, 1.54) is 6.20 Å². The van der Waals surface area contributed by atoms with Crippen LogP contribution >= 0.6 is 0 Å². The molecule has 0 aromatic carbocycles. The summed E-state index contributed by atoms with van der Waals surface area (Å²) in [5.41, 5.74) is 2.09. The van der Waals surface area contributed by atoms with Gasteiger partial charge in [-0.15, -0.1) is 0 Å². The largest absolute Gasteiger partial charge is 0.461 e. The summed E-state index contributed by atoms with van der Waals surface area (Å²) in [6.07, 6.45) is 3.18. The summed E-state index contributed by atoms with van der Waals surface area (Å²) in [5, 5.41) is 0.603. The van der Waals surface area contributed by atoms with Gasteiger partial charge >= 0.3 is 5.97 Å². The summed E-state index contributed by atoms with van der Waals surface area (Å²) < 4.78 is 10.6. The van der Waals surface area contributed by atoms with Gasteiger partial charge < -0.3 is 9.15 Å². The van der Waals surface area contributed by atoms with E-state index in [4.69, 9.17) is 9.15 Å². The summed E-state index contributed by atoms with van der Waals surface area (Å²) in [7, 11) is 0. The highest BCUT2D eigenvalue weighted by atomic mass is 16.5. The van der Waals surface area contributed by atoms with Gasteiger partial charge in [0.25, 0.3) is 0 Å². The molecule has 3 rings (SSSR count). The Bertz CT molecular complexity index is 733. The number of fused-ring (bicyclic) bond motifs is 3. The average Bonchev–Trinajstić information content (AvgIpc) is 2.77. The van der Waals surface area contributed by atoms with E-state index in [1.54, 1.807) is 31.3 Å². The van der Waals surface area contributed by atoms with Gasteiger partial charge in [0.2, 0.25) is 0 Å². The van der Waals surface area contributed by atoms with Crippen molar-refractivity contribution >= 4 is 28.0 Å². The van der Waals surface area contributed by atoms with Gasteiger partial charge in [0.05, 0.1) is 12.0 Å². The highest BCUT2D eigenvalue weighted by molar-refractivity contribution is 6.12. The van der Waals surface area contributed by atoms with E-state index >= 15 is 0 Å². The molecule has 0 radical (unpaired) electrons. The zero-order chi connectivity index (χ0) is 12.5.